The average Bonchev–Trinajstić information content (AvgIpc) is 3.07. The van der Waals surface area contributed by atoms with E-state index in [-0.39, 0.29) is 12.1 Å². The first-order chi connectivity index (χ1) is 22.4. The van der Waals surface area contributed by atoms with Gasteiger partial charge in [-0.25, -0.2) is 0 Å². The molecule has 2 atom stereocenters. The molecule has 0 N–H and O–H groups in total. The molecule has 6 aliphatic rings. The molecule has 240 valence electrons. The van der Waals surface area contributed by atoms with Crippen LogP contribution in [0.15, 0.2) is 60.7 Å². The van der Waals surface area contributed by atoms with E-state index in [1.807, 2.05) is 6.07 Å². The molecule has 6 heterocycles. The Hall–Kier alpha value is -4.40. The summed E-state index contributed by atoms with van der Waals surface area (Å²) in [5, 5.41) is 0. The SMILES string of the molecule is COc1cc2ccc1Oc1cc3c(cc1OC)CCN(C)C3Cc1ccc(cc1)Oc1c(OC)c(OC)cc3c1C(C2)N(C)CC3. The summed E-state index contributed by atoms with van der Waals surface area (Å²) < 4.78 is 36.9. The number of ether oxygens (including phenoxy) is 6. The van der Waals surface area contributed by atoms with Crippen LogP contribution in [0.4, 0.5) is 0 Å². The van der Waals surface area contributed by atoms with E-state index < -0.39 is 0 Å². The monoisotopic (exact) mass is 622 g/mol. The third-order valence-electron chi connectivity index (χ3n) is 9.85. The molecule has 0 aliphatic carbocycles. The molecule has 2 unspecified atom stereocenters. The molecular formula is C38H42N2O6. The molecule has 0 fully saturated rings. The Kier molecular flexibility index (Phi) is 8.17. The van der Waals surface area contributed by atoms with Crippen LogP contribution in [0.5, 0.6) is 46.0 Å². The molecule has 0 amide bonds. The van der Waals surface area contributed by atoms with Gasteiger partial charge in [-0.3, -0.25) is 9.80 Å². The topological polar surface area (TPSA) is 61.9 Å². The highest BCUT2D eigenvalue weighted by atomic mass is 16.5. The van der Waals surface area contributed by atoms with Gasteiger partial charge >= 0.3 is 0 Å². The fraction of sp³-hybridized carbons (Fsp3) is 0.368. The fourth-order valence-corrected chi connectivity index (χ4v) is 7.27. The first kappa shape index (κ1) is 30.3. The highest BCUT2D eigenvalue weighted by Crippen LogP contribution is 2.50. The maximum Gasteiger partial charge on any atom is 0.204 e. The van der Waals surface area contributed by atoms with Gasteiger partial charge in [0.2, 0.25) is 5.75 Å². The molecular weight excluding hydrogens is 580 g/mol. The molecule has 4 aromatic carbocycles. The lowest BCUT2D eigenvalue weighted by atomic mass is 9.87. The number of benzene rings is 4. The van der Waals surface area contributed by atoms with Gasteiger partial charge in [-0.1, -0.05) is 18.2 Å². The van der Waals surface area contributed by atoms with E-state index in [1.54, 1.807) is 28.4 Å². The average molecular weight is 623 g/mol. The van der Waals surface area contributed by atoms with Crippen LogP contribution in [0.25, 0.3) is 0 Å². The van der Waals surface area contributed by atoms with Crippen molar-refractivity contribution in [3.63, 3.8) is 0 Å². The maximum atomic E-state index is 6.78. The minimum Gasteiger partial charge on any atom is -0.493 e. The van der Waals surface area contributed by atoms with Crippen molar-refractivity contribution < 1.29 is 28.4 Å². The van der Waals surface area contributed by atoms with Crippen molar-refractivity contribution in [3.8, 4) is 46.0 Å². The van der Waals surface area contributed by atoms with Crippen LogP contribution in [-0.2, 0) is 25.7 Å². The normalized spacial score (nSPS) is 19.2. The largest absolute Gasteiger partial charge is 0.493 e. The van der Waals surface area contributed by atoms with E-state index in [0.717, 1.165) is 61.4 Å². The minimum atomic E-state index is 0.0319. The Morgan fingerprint density at radius 1 is 0.609 bits per heavy atom. The predicted octanol–water partition coefficient (Wildman–Crippen LogP) is 7.16. The van der Waals surface area contributed by atoms with Crippen molar-refractivity contribution in [2.24, 2.45) is 0 Å². The van der Waals surface area contributed by atoms with E-state index >= 15 is 0 Å². The smallest absolute Gasteiger partial charge is 0.204 e. The Balaban J connectivity index is 1.42. The molecule has 0 spiro atoms. The number of likely N-dealkylation sites (N-methyl/N-ethyl adjacent to an activating group) is 2. The first-order valence-corrected chi connectivity index (χ1v) is 15.9. The van der Waals surface area contributed by atoms with Crippen LogP contribution in [0, 0.1) is 0 Å². The van der Waals surface area contributed by atoms with Crippen molar-refractivity contribution in [2.75, 3.05) is 55.6 Å². The van der Waals surface area contributed by atoms with Gasteiger partial charge in [0, 0.05) is 30.7 Å². The van der Waals surface area contributed by atoms with Gasteiger partial charge in [-0.15, -0.1) is 0 Å². The summed E-state index contributed by atoms with van der Waals surface area (Å²) in [6.45, 7) is 1.88. The highest BCUT2D eigenvalue weighted by Gasteiger charge is 2.34. The molecule has 0 aromatic heterocycles. The standard InChI is InChI=1S/C38H42N2O6/c1-39-15-13-25-20-33(42-4)34-22-28(25)29(39)17-23-7-10-27(11-8-23)45-38-36-26(21-35(43-5)37(38)44-6)14-16-40(2)30(36)18-24-9-12-31(46-34)32(19-24)41-3/h7-12,19-22,29-30H,13-18H2,1-6H3. The maximum absolute atomic E-state index is 6.78. The molecule has 0 saturated carbocycles. The Morgan fingerprint density at radius 3 is 1.96 bits per heavy atom. The van der Waals surface area contributed by atoms with Crippen LogP contribution in [0.1, 0.15) is 45.5 Å². The summed E-state index contributed by atoms with van der Waals surface area (Å²) in [7, 11) is 11.1. The van der Waals surface area contributed by atoms with Gasteiger partial charge in [0.25, 0.3) is 0 Å². The van der Waals surface area contributed by atoms with Gasteiger partial charge in [-0.05, 0) is 110 Å². The Morgan fingerprint density at radius 2 is 1.24 bits per heavy atom. The third-order valence-corrected chi connectivity index (χ3v) is 9.85. The van der Waals surface area contributed by atoms with Crippen LogP contribution in [0.2, 0.25) is 0 Å². The summed E-state index contributed by atoms with van der Waals surface area (Å²) in [5.41, 5.74) is 7.20. The molecule has 4 aromatic rings. The molecule has 46 heavy (non-hydrogen) atoms. The van der Waals surface area contributed by atoms with Crippen LogP contribution < -0.4 is 28.4 Å². The van der Waals surface area contributed by atoms with Gasteiger partial charge in [-0.2, -0.15) is 0 Å². The van der Waals surface area contributed by atoms with E-state index in [9.17, 15) is 0 Å². The van der Waals surface area contributed by atoms with E-state index in [1.165, 1.54) is 22.3 Å². The zero-order valence-electron chi connectivity index (χ0n) is 27.5. The van der Waals surface area contributed by atoms with Crippen molar-refractivity contribution in [3.05, 3.63) is 94.0 Å². The summed E-state index contributed by atoms with van der Waals surface area (Å²) in [5.74, 6) is 5.44. The molecule has 6 aliphatic heterocycles. The molecule has 10 rings (SSSR count). The van der Waals surface area contributed by atoms with E-state index in [2.05, 4.69) is 78.5 Å². The zero-order chi connectivity index (χ0) is 31.9. The van der Waals surface area contributed by atoms with Crippen LogP contribution in [-0.4, -0.2) is 65.4 Å². The lowest BCUT2D eigenvalue weighted by molar-refractivity contribution is 0.221. The van der Waals surface area contributed by atoms with Gasteiger partial charge in [0.05, 0.1) is 28.4 Å². The van der Waals surface area contributed by atoms with Crippen molar-refractivity contribution >= 4 is 0 Å². The summed E-state index contributed by atoms with van der Waals surface area (Å²) in [6, 6.07) is 21.3. The number of nitrogens with zero attached hydrogens (tertiary/aromatic N) is 2. The lowest BCUT2D eigenvalue weighted by Gasteiger charge is -2.36. The van der Waals surface area contributed by atoms with Crippen molar-refractivity contribution in [1.29, 1.82) is 0 Å². The first-order valence-electron chi connectivity index (χ1n) is 15.9. The fourth-order valence-electron chi connectivity index (χ4n) is 7.27. The van der Waals surface area contributed by atoms with Crippen molar-refractivity contribution in [1.82, 2.24) is 9.80 Å². The molecule has 0 saturated heterocycles. The van der Waals surface area contributed by atoms with E-state index in [0.29, 0.717) is 34.5 Å². The van der Waals surface area contributed by atoms with Crippen LogP contribution >= 0.6 is 0 Å². The minimum absolute atomic E-state index is 0.0319. The van der Waals surface area contributed by atoms with Crippen molar-refractivity contribution in [2.45, 2.75) is 37.8 Å². The number of hydrogen-bond donors (Lipinski definition) is 0. The molecule has 8 heteroatoms. The predicted molar refractivity (Wildman–Crippen MR) is 178 cm³/mol. The number of methoxy groups -OCH3 is 4. The number of hydrogen-bond acceptors (Lipinski definition) is 8. The quantitative estimate of drug-likeness (QED) is 0.238. The highest BCUT2D eigenvalue weighted by molar-refractivity contribution is 5.62. The third kappa shape index (κ3) is 5.39. The lowest BCUT2D eigenvalue weighted by Crippen LogP contribution is -2.34. The Bertz CT molecular complexity index is 1750. The molecule has 8 nitrogen and oxygen atoms in total. The second-order valence-corrected chi connectivity index (χ2v) is 12.5. The van der Waals surface area contributed by atoms with E-state index in [4.69, 9.17) is 28.4 Å². The second-order valence-electron chi connectivity index (χ2n) is 12.5. The Labute approximate surface area is 271 Å². The summed E-state index contributed by atoms with van der Waals surface area (Å²) in [6.07, 6.45) is 3.41. The van der Waals surface area contributed by atoms with Crippen LogP contribution in [0.3, 0.4) is 0 Å². The summed E-state index contributed by atoms with van der Waals surface area (Å²) >= 11 is 0. The van der Waals surface area contributed by atoms with Gasteiger partial charge in [0.15, 0.2) is 34.5 Å². The molecule has 6 bridgehead atoms. The zero-order valence-corrected chi connectivity index (χ0v) is 27.5. The van der Waals surface area contributed by atoms with Gasteiger partial charge in [0.1, 0.15) is 5.75 Å². The number of rotatable bonds is 4. The summed E-state index contributed by atoms with van der Waals surface area (Å²) in [4.78, 5) is 4.81. The second kappa shape index (κ2) is 12.4. The van der Waals surface area contributed by atoms with Gasteiger partial charge < -0.3 is 28.4 Å². The molecule has 0 radical (unpaired) electrons.